The van der Waals surface area contributed by atoms with Gasteiger partial charge in [-0.2, -0.15) is 13.7 Å². The van der Waals surface area contributed by atoms with Crippen molar-refractivity contribution < 1.29 is 17.7 Å². The molecule has 0 bridgehead atoms. The molecule has 2 rings (SSSR count). The molecule has 0 aromatic carbocycles. The molecule has 0 aromatic heterocycles. The normalized spacial score (nSPS) is 25.2. The zero-order chi connectivity index (χ0) is 16.9. The molecule has 1 fully saturated rings. The third kappa shape index (κ3) is 4.47. The van der Waals surface area contributed by atoms with E-state index in [2.05, 4.69) is 10.2 Å². The van der Waals surface area contributed by atoms with E-state index in [4.69, 9.17) is 4.74 Å². The van der Waals surface area contributed by atoms with Crippen LogP contribution in [0.4, 0.5) is 0 Å². The van der Waals surface area contributed by atoms with Gasteiger partial charge in [0.05, 0.1) is 11.3 Å². The lowest BCUT2D eigenvalue weighted by Crippen LogP contribution is -2.42. The minimum absolute atomic E-state index is 0.0486. The number of dihydropyridines is 1. The van der Waals surface area contributed by atoms with E-state index in [1.165, 1.54) is 6.20 Å². The van der Waals surface area contributed by atoms with Crippen molar-refractivity contribution in [2.45, 2.75) is 31.1 Å². The average Bonchev–Trinajstić information content (AvgIpc) is 2.54. The second-order valence-corrected chi connectivity index (χ2v) is 7.40. The Morgan fingerprint density at radius 1 is 1.57 bits per heavy atom. The van der Waals surface area contributed by atoms with Crippen molar-refractivity contribution >= 4 is 10.1 Å². The number of rotatable bonds is 6. The summed E-state index contributed by atoms with van der Waals surface area (Å²) < 4.78 is 37.3. The predicted octanol–water partition coefficient (Wildman–Crippen LogP) is 1.23. The number of likely N-dealkylation sites (tertiary alicyclic amines) is 1. The smallest absolute Gasteiger partial charge is 0.291 e. The molecule has 0 aromatic rings. The second-order valence-electron chi connectivity index (χ2n) is 5.90. The summed E-state index contributed by atoms with van der Waals surface area (Å²) in [7, 11) is -2.69. The molecular formula is C15H23N3O4S. The Morgan fingerprint density at radius 3 is 3.00 bits per heavy atom. The van der Waals surface area contributed by atoms with Crippen molar-refractivity contribution in [1.82, 2.24) is 10.2 Å². The highest BCUT2D eigenvalue weighted by atomic mass is 32.2. The van der Waals surface area contributed by atoms with Gasteiger partial charge in [-0.25, -0.2) is 0 Å². The molecule has 0 aliphatic carbocycles. The molecule has 8 heteroatoms. The average molecular weight is 341 g/mol. The summed E-state index contributed by atoms with van der Waals surface area (Å²) in [4.78, 5) is 2.05. The maximum Gasteiger partial charge on any atom is 0.291 e. The molecule has 0 radical (unpaired) electrons. The molecule has 2 N–H and O–H groups in total. The van der Waals surface area contributed by atoms with Gasteiger partial charge in [0, 0.05) is 26.8 Å². The SMILES string of the molecule is COCCCC1CCCN(C2=C(C#N)C(S(=O)(=O)O)NC=C2)C1. The highest BCUT2D eigenvalue weighted by molar-refractivity contribution is 7.86. The van der Waals surface area contributed by atoms with E-state index in [1.54, 1.807) is 13.2 Å². The van der Waals surface area contributed by atoms with Crippen LogP contribution in [0.25, 0.3) is 0 Å². The van der Waals surface area contributed by atoms with Crippen molar-refractivity contribution in [2.75, 3.05) is 26.8 Å². The standard InChI is InChI=1S/C15H23N3O4S/c1-22-9-3-5-12-4-2-8-18(11-12)14-6-7-17-15(13(14)10-16)23(19,20)21/h6-7,12,15,17H,2-5,8-9,11H2,1H3,(H,19,20,21). The number of nitrogens with one attached hydrogen (secondary N) is 1. The third-order valence-electron chi connectivity index (χ3n) is 4.27. The lowest BCUT2D eigenvalue weighted by molar-refractivity contribution is 0.166. The van der Waals surface area contributed by atoms with Crippen molar-refractivity contribution in [3.05, 3.63) is 23.5 Å². The molecule has 2 aliphatic rings. The maximum absolute atomic E-state index is 11.5. The van der Waals surface area contributed by atoms with Crippen molar-refractivity contribution in [3.63, 3.8) is 0 Å². The Hall–Kier alpha value is -1.56. The Kier molecular flexibility index (Phi) is 6.04. The summed E-state index contributed by atoms with van der Waals surface area (Å²) in [6.45, 7) is 2.30. The molecule has 2 aliphatic heterocycles. The van der Waals surface area contributed by atoms with Crippen LogP contribution in [-0.2, 0) is 14.9 Å². The summed E-state index contributed by atoms with van der Waals surface area (Å²) in [6, 6.07) is 1.94. The number of ether oxygens (including phenoxy) is 1. The molecule has 0 saturated carbocycles. The van der Waals surface area contributed by atoms with Crippen molar-refractivity contribution in [2.24, 2.45) is 5.92 Å². The van der Waals surface area contributed by atoms with Crippen molar-refractivity contribution in [1.29, 1.82) is 5.26 Å². The number of allylic oxidation sites excluding steroid dienone is 1. The number of hydrogen-bond donors (Lipinski definition) is 2. The molecule has 2 atom stereocenters. The number of piperidine rings is 1. The van der Waals surface area contributed by atoms with Crippen LogP contribution in [0, 0.1) is 17.2 Å². The van der Waals surface area contributed by atoms with Crippen LogP contribution in [-0.4, -0.2) is 50.1 Å². The van der Waals surface area contributed by atoms with Crippen LogP contribution < -0.4 is 5.32 Å². The Morgan fingerprint density at radius 2 is 2.35 bits per heavy atom. The van der Waals surface area contributed by atoms with E-state index in [1.807, 2.05) is 6.07 Å². The van der Waals surface area contributed by atoms with E-state index in [0.717, 1.165) is 45.4 Å². The second kappa shape index (κ2) is 7.81. The van der Waals surface area contributed by atoms with Crippen LogP contribution in [0.15, 0.2) is 23.5 Å². The zero-order valence-corrected chi connectivity index (χ0v) is 14.1. The van der Waals surface area contributed by atoms with Gasteiger partial charge in [-0.3, -0.25) is 4.55 Å². The fourth-order valence-electron chi connectivity index (χ4n) is 3.18. The third-order valence-corrected chi connectivity index (χ3v) is 5.23. The van der Waals surface area contributed by atoms with E-state index in [0.29, 0.717) is 11.6 Å². The van der Waals surface area contributed by atoms with Crippen LogP contribution >= 0.6 is 0 Å². The summed E-state index contributed by atoms with van der Waals surface area (Å²) in [5, 5.41) is 10.5. The van der Waals surface area contributed by atoms with Gasteiger partial charge in [-0.05, 0) is 43.9 Å². The predicted molar refractivity (Wildman–Crippen MR) is 85.7 cm³/mol. The maximum atomic E-state index is 11.5. The fourth-order valence-corrected chi connectivity index (χ4v) is 3.91. The molecule has 23 heavy (non-hydrogen) atoms. The van der Waals surface area contributed by atoms with E-state index < -0.39 is 15.5 Å². The van der Waals surface area contributed by atoms with Crippen LogP contribution in [0.3, 0.4) is 0 Å². The van der Waals surface area contributed by atoms with E-state index in [-0.39, 0.29) is 5.57 Å². The number of methoxy groups -OCH3 is 1. The van der Waals surface area contributed by atoms with Crippen LogP contribution in [0.1, 0.15) is 25.7 Å². The summed E-state index contributed by atoms with van der Waals surface area (Å²) in [5.41, 5.74) is 0.637. The van der Waals surface area contributed by atoms with E-state index in [9.17, 15) is 18.2 Å². The van der Waals surface area contributed by atoms with Gasteiger partial charge in [-0.1, -0.05) is 0 Å². The van der Waals surface area contributed by atoms with Crippen LogP contribution in [0.5, 0.6) is 0 Å². The first-order chi connectivity index (χ1) is 11.0. The molecule has 1 saturated heterocycles. The van der Waals surface area contributed by atoms with E-state index >= 15 is 0 Å². The lowest BCUT2D eigenvalue weighted by atomic mass is 9.92. The molecule has 7 nitrogen and oxygen atoms in total. The van der Waals surface area contributed by atoms with Gasteiger partial charge < -0.3 is 15.0 Å². The first-order valence-electron chi connectivity index (χ1n) is 7.74. The van der Waals surface area contributed by atoms with Gasteiger partial charge in [0.2, 0.25) is 0 Å². The number of hydrogen-bond acceptors (Lipinski definition) is 6. The summed E-state index contributed by atoms with van der Waals surface area (Å²) in [6.07, 6.45) is 7.34. The highest BCUT2D eigenvalue weighted by Crippen LogP contribution is 2.28. The van der Waals surface area contributed by atoms with Gasteiger partial charge >= 0.3 is 0 Å². The quantitative estimate of drug-likeness (QED) is 0.553. The molecule has 0 amide bonds. The van der Waals surface area contributed by atoms with Crippen LogP contribution in [0.2, 0.25) is 0 Å². The molecule has 2 unspecified atom stereocenters. The molecule has 2 heterocycles. The minimum Gasteiger partial charge on any atom is -0.385 e. The Bertz CT molecular complexity index is 621. The van der Waals surface area contributed by atoms with Gasteiger partial charge in [-0.15, -0.1) is 0 Å². The Labute approximate surface area is 137 Å². The largest absolute Gasteiger partial charge is 0.385 e. The number of nitriles is 1. The first kappa shape index (κ1) is 17.8. The van der Waals surface area contributed by atoms with Crippen molar-refractivity contribution in [3.8, 4) is 6.07 Å². The molecular weight excluding hydrogens is 318 g/mol. The first-order valence-corrected chi connectivity index (χ1v) is 9.24. The fraction of sp³-hybridized carbons (Fsp3) is 0.667. The lowest BCUT2D eigenvalue weighted by Gasteiger charge is -2.37. The monoisotopic (exact) mass is 341 g/mol. The zero-order valence-electron chi connectivity index (χ0n) is 13.2. The minimum atomic E-state index is -4.38. The summed E-state index contributed by atoms with van der Waals surface area (Å²) in [5.74, 6) is 0.499. The Balaban J connectivity index is 2.16. The molecule has 0 spiro atoms. The summed E-state index contributed by atoms with van der Waals surface area (Å²) >= 11 is 0. The van der Waals surface area contributed by atoms with Gasteiger partial charge in [0.25, 0.3) is 10.1 Å². The highest BCUT2D eigenvalue weighted by Gasteiger charge is 2.33. The molecule has 128 valence electrons. The number of nitrogens with zero attached hydrogens (tertiary/aromatic N) is 2. The topological polar surface area (TPSA) is 103 Å². The van der Waals surface area contributed by atoms with Gasteiger partial charge in [0.15, 0.2) is 5.37 Å². The van der Waals surface area contributed by atoms with Gasteiger partial charge in [0.1, 0.15) is 6.07 Å².